The van der Waals surface area contributed by atoms with Crippen LogP contribution in [0.3, 0.4) is 0 Å². The van der Waals surface area contributed by atoms with Crippen LogP contribution in [0.15, 0.2) is 54.7 Å². The fourth-order valence-corrected chi connectivity index (χ4v) is 3.50. The van der Waals surface area contributed by atoms with Gasteiger partial charge in [0.15, 0.2) is 0 Å². The van der Waals surface area contributed by atoms with Crippen LogP contribution < -0.4 is 10.2 Å². The van der Waals surface area contributed by atoms with E-state index < -0.39 is 5.82 Å². The van der Waals surface area contributed by atoms with Crippen molar-refractivity contribution >= 4 is 51.6 Å². The lowest BCUT2D eigenvalue weighted by Gasteiger charge is -2.20. The maximum absolute atomic E-state index is 13.6. The van der Waals surface area contributed by atoms with Crippen LogP contribution in [-0.4, -0.2) is 31.8 Å². The van der Waals surface area contributed by atoms with Gasteiger partial charge >= 0.3 is 0 Å². The SMILES string of the molecule is CC(=O)N(c1ccc2nn(C)nc2c1)c1cc(NC(=O)Cc2cccc(F)c2Cl)ccn1. The van der Waals surface area contributed by atoms with Gasteiger partial charge in [0, 0.05) is 31.9 Å². The van der Waals surface area contributed by atoms with Crippen LogP contribution in [0.25, 0.3) is 11.0 Å². The number of benzene rings is 2. The molecule has 0 aliphatic carbocycles. The Balaban J connectivity index is 1.58. The van der Waals surface area contributed by atoms with Gasteiger partial charge < -0.3 is 5.32 Å². The van der Waals surface area contributed by atoms with Gasteiger partial charge in [-0.25, -0.2) is 9.37 Å². The standard InChI is InChI=1S/C22H18ClFN6O2/c1-13(31)30(16-6-7-18-19(12-16)28-29(2)27-18)20-11-15(8-9-25-20)26-21(32)10-14-4-3-5-17(24)22(14)23/h3-9,11-12H,10H2,1-2H3,(H,25,26,32). The largest absolute Gasteiger partial charge is 0.326 e. The summed E-state index contributed by atoms with van der Waals surface area (Å²) in [6.07, 6.45) is 1.38. The van der Waals surface area contributed by atoms with Crippen LogP contribution in [0.5, 0.6) is 0 Å². The van der Waals surface area contributed by atoms with Crippen molar-refractivity contribution in [2.75, 3.05) is 10.2 Å². The smallest absolute Gasteiger partial charge is 0.229 e. The van der Waals surface area contributed by atoms with Crippen molar-refractivity contribution in [3.8, 4) is 0 Å². The number of amides is 2. The van der Waals surface area contributed by atoms with Gasteiger partial charge in [-0.1, -0.05) is 23.7 Å². The molecule has 4 rings (SSSR count). The predicted molar refractivity (Wildman–Crippen MR) is 119 cm³/mol. The number of nitrogens with zero attached hydrogens (tertiary/aromatic N) is 5. The van der Waals surface area contributed by atoms with Crippen molar-refractivity contribution in [1.82, 2.24) is 20.0 Å². The normalized spacial score (nSPS) is 10.9. The van der Waals surface area contributed by atoms with Crippen molar-refractivity contribution in [3.05, 3.63) is 71.1 Å². The maximum Gasteiger partial charge on any atom is 0.229 e. The lowest BCUT2D eigenvalue weighted by atomic mass is 10.1. The number of carbonyl (C=O) groups is 2. The molecule has 0 unspecified atom stereocenters. The molecular formula is C22H18ClFN6O2. The van der Waals surface area contributed by atoms with Gasteiger partial charge in [-0.2, -0.15) is 15.0 Å². The van der Waals surface area contributed by atoms with E-state index in [-0.39, 0.29) is 23.3 Å². The number of aryl methyl sites for hydroxylation is 1. The average Bonchev–Trinajstić information content (AvgIpc) is 3.11. The Morgan fingerprint density at radius 1 is 1.12 bits per heavy atom. The molecular weight excluding hydrogens is 435 g/mol. The highest BCUT2D eigenvalue weighted by molar-refractivity contribution is 6.31. The molecule has 0 saturated carbocycles. The molecule has 162 valence electrons. The summed E-state index contributed by atoms with van der Waals surface area (Å²) in [5.74, 6) is -0.913. The molecule has 0 saturated heterocycles. The first kappa shape index (κ1) is 21.4. The van der Waals surface area contributed by atoms with Crippen molar-refractivity contribution in [2.24, 2.45) is 7.05 Å². The molecule has 10 heteroatoms. The van der Waals surface area contributed by atoms with E-state index in [0.29, 0.717) is 33.8 Å². The van der Waals surface area contributed by atoms with E-state index in [9.17, 15) is 14.0 Å². The number of nitrogens with one attached hydrogen (secondary N) is 1. The number of carbonyl (C=O) groups excluding carboxylic acids is 2. The van der Waals surface area contributed by atoms with Gasteiger partial charge in [0.1, 0.15) is 22.7 Å². The van der Waals surface area contributed by atoms with Crippen LogP contribution in [-0.2, 0) is 23.1 Å². The van der Waals surface area contributed by atoms with Crippen LogP contribution in [0.4, 0.5) is 21.6 Å². The summed E-state index contributed by atoms with van der Waals surface area (Å²) in [7, 11) is 1.72. The highest BCUT2D eigenvalue weighted by Crippen LogP contribution is 2.28. The Hall–Kier alpha value is -3.85. The first-order valence-electron chi connectivity index (χ1n) is 9.62. The van der Waals surface area contributed by atoms with Crippen LogP contribution in [0.1, 0.15) is 12.5 Å². The highest BCUT2D eigenvalue weighted by Gasteiger charge is 2.18. The van der Waals surface area contributed by atoms with Gasteiger partial charge in [0.2, 0.25) is 11.8 Å². The molecule has 0 radical (unpaired) electrons. The molecule has 0 fully saturated rings. The van der Waals surface area contributed by atoms with E-state index >= 15 is 0 Å². The zero-order chi connectivity index (χ0) is 22.8. The molecule has 8 nitrogen and oxygen atoms in total. The maximum atomic E-state index is 13.6. The summed E-state index contributed by atoms with van der Waals surface area (Å²) in [4.78, 5) is 32.0. The van der Waals surface area contributed by atoms with Crippen LogP contribution in [0, 0.1) is 5.82 Å². The summed E-state index contributed by atoms with van der Waals surface area (Å²) in [6, 6.07) is 12.7. The minimum atomic E-state index is -0.583. The van der Waals surface area contributed by atoms with Gasteiger partial charge in [-0.3, -0.25) is 14.5 Å². The second kappa shape index (κ2) is 8.72. The second-order valence-corrected chi connectivity index (χ2v) is 7.44. The first-order chi connectivity index (χ1) is 15.3. The van der Waals surface area contributed by atoms with Crippen molar-refractivity contribution in [2.45, 2.75) is 13.3 Å². The quantitative estimate of drug-likeness (QED) is 0.493. The monoisotopic (exact) mass is 452 g/mol. The number of rotatable bonds is 5. The zero-order valence-corrected chi connectivity index (χ0v) is 18.0. The third kappa shape index (κ3) is 4.42. The Morgan fingerprint density at radius 3 is 2.69 bits per heavy atom. The van der Waals surface area contributed by atoms with Gasteiger partial charge in [-0.15, -0.1) is 0 Å². The second-order valence-electron chi connectivity index (χ2n) is 7.06. The van der Waals surface area contributed by atoms with E-state index in [1.165, 1.54) is 34.9 Å². The number of hydrogen-bond donors (Lipinski definition) is 1. The molecule has 0 atom stereocenters. The molecule has 1 N–H and O–H groups in total. The number of anilines is 3. The summed E-state index contributed by atoms with van der Waals surface area (Å²) in [5.41, 5.74) is 2.70. The van der Waals surface area contributed by atoms with Crippen molar-refractivity contribution < 1.29 is 14.0 Å². The number of halogens is 2. The van der Waals surface area contributed by atoms with E-state index in [0.717, 1.165) is 0 Å². The molecule has 0 spiro atoms. The minimum absolute atomic E-state index is 0.0831. The molecule has 0 bridgehead atoms. The lowest BCUT2D eigenvalue weighted by molar-refractivity contribution is -0.116. The van der Waals surface area contributed by atoms with E-state index in [4.69, 9.17) is 11.6 Å². The molecule has 2 aromatic heterocycles. The van der Waals surface area contributed by atoms with Crippen LogP contribution in [0.2, 0.25) is 5.02 Å². The fourth-order valence-electron chi connectivity index (χ4n) is 3.31. The van der Waals surface area contributed by atoms with E-state index in [1.807, 2.05) is 0 Å². The Labute approximate surface area is 187 Å². The highest BCUT2D eigenvalue weighted by atomic mass is 35.5. The molecule has 4 aromatic rings. The average molecular weight is 453 g/mol. The Morgan fingerprint density at radius 2 is 1.91 bits per heavy atom. The lowest BCUT2D eigenvalue weighted by Crippen LogP contribution is -2.24. The van der Waals surface area contributed by atoms with Gasteiger partial charge in [0.05, 0.1) is 17.1 Å². The predicted octanol–water partition coefficient (Wildman–Crippen LogP) is 4.02. The summed E-state index contributed by atoms with van der Waals surface area (Å²) < 4.78 is 13.6. The summed E-state index contributed by atoms with van der Waals surface area (Å²) in [6.45, 7) is 1.42. The molecule has 2 amide bonds. The molecule has 0 aliphatic rings. The Bertz CT molecular complexity index is 1340. The van der Waals surface area contributed by atoms with Gasteiger partial charge in [-0.05, 0) is 35.9 Å². The molecule has 2 heterocycles. The fraction of sp³-hybridized carbons (Fsp3) is 0.136. The first-order valence-corrected chi connectivity index (χ1v) is 10.00. The number of pyridine rings is 1. The third-order valence-corrected chi connectivity index (χ3v) is 5.10. The van der Waals surface area contributed by atoms with Crippen LogP contribution >= 0.6 is 11.6 Å². The zero-order valence-electron chi connectivity index (χ0n) is 17.2. The Kier molecular flexibility index (Phi) is 5.83. The van der Waals surface area contributed by atoms with Gasteiger partial charge in [0.25, 0.3) is 0 Å². The molecule has 0 aliphatic heterocycles. The van der Waals surface area contributed by atoms with E-state index in [1.54, 1.807) is 43.4 Å². The summed E-state index contributed by atoms with van der Waals surface area (Å²) >= 11 is 5.93. The van der Waals surface area contributed by atoms with Crippen molar-refractivity contribution in [3.63, 3.8) is 0 Å². The topological polar surface area (TPSA) is 93.0 Å². The van der Waals surface area contributed by atoms with Crippen molar-refractivity contribution in [1.29, 1.82) is 0 Å². The number of aromatic nitrogens is 4. The van der Waals surface area contributed by atoms with E-state index in [2.05, 4.69) is 20.5 Å². The minimum Gasteiger partial charge on any atom is -0.326 e. The third-order valence-electron chi connectivity index (χ3n) is 4.68. The summed E-state index contributed by atoms with van der Waals surface area (Å²) in [5, 5.41) is 11.2. The molecule has 2 aromatic carbocycles. The number of hydrogen-bond acceptors (Lipinski definition) is 5. The molecule has 32 heavy (non-hydrogen) atoms. The number of fused-ring (bicyclic) bond motifs is 1.